The van der Waals surface area contributed by atoms with E-state index in [1.165, 1.54) is 35.6 Å². The Bertz CT molecular complexity index is 438. The topological polar surface area (TPSA) is 17.3 Å². The molecule has 0 spiro atoms. The second kappa shape index (κ2) is 2.10. The van der Waals surface area contributed by atoms with Crippen LogP contribution in [0.1, 0.15) is 22.7 Å². The van der Waals surface area contributed by atoms with Crippen molar-refractivity contribution in [3.05, 3.63) is 22.5 Å². The molecule has 2 aromatic rings. The highest BCUT2D eigenvalue weighted by molar-refractivity contribution is 7.17. The monoisotopic (exact) mass is 178 g/mol. The standard InChI is InChI=1S/C9H10N2S/c1-6-5-10-9-11(6)7-3-2-4-8(7)12-9/h5H,2-4H2,1H3. The average Bonchev–Trinajstić information content (AvgIpc) is 2.61. The summed E-state index contributed by atoms with van der Waals surface area (Å²) in [6.07, 6.45) is 5.80. The molecular weight excluding hydrogens is 168 g/mol. The van der Waals surface area contributed by atoms with E-state index in [4.69, 9.17) is 0 Å². The molecule has 62 valence electrons. The molecule has 0 unspecified atom stereocenters. The van der Waals surface area contributed by atoms with Crippen molar-refractivity contribution in [3.8, 4) is 0 Å². The van der Waals surface area contributed by atoms with Crippen LogP contribution in [0.5, 0.6) is 0 Å². The Labute approximate surface area is 74.9 Å². The van der Waals surface area contributed by atoms with Gasteiger partial charge in [0, 0.05) is 22.5 Å². The lowest BCUT2D eigenvalue weighted by molar-refractivity contribution is 0.882. The summed E-state index contributed by atoms with van der Waals surface area (Å²) in [7, 11) is 0. The van der Waals surface area contributed by atoms with Gasteiger partial charge >= 0.3 is 0 Å². The Balaban J connectivity index is 2.46. The fraction of sp³-hybridized carbons (Fsp3) is 0.444. The van der Waals surface area contributed by atoms with E-state index in [1.54, 1.807) is 4.88 Å². The summed E-state index contributed by atoms with van der Waals surface area (Å²) in [6.45, 7) is 2.13. The van der Waals surface area contributed by atoms with E-state index in [2.05, 4.69) is 16.3 Å². The van der Waals surface area contributed by atoms with E-state index in [0.717, 1.165) is 0 Å². The first-order valence-electron chi connectivity index (χ1n) is 4.31. The molecule has 0 bridgehead atoms. The summed E-state index contributed by atoms with van der Waals surface area (Å²) in [5.41, 5.74) is 2.80. The van der Waals surface area contributed by atoms with Crippen LogP contribution in [0.25, 0.3) is 4.96 Å². The Morgan fingerprint density at radius 3 is 3.33 bits per heavy atom. The first-order chi connectivity index (χ1) is 5.86. The number of hydrogen-bond donors (Lipinski definition) is 0. The molecule has 12 heavy (non-hydrogen) atoms. The molecule has 3 heteroatoms. The number of aromatic nitrogens is 2. The molecule has 0 radical (unpaired) electrons. The highest BCUT2D eigenvalue weighted by Crippen LogP contribution is 2.31. The summed E-state index contributed by atoms with van der Waals surface area (Å²) < 4.78 is 2.31. The third kappa shape index (κ3) is 0.672. The molecule has 0 atom stereocenters. The number of fused-ring (bicyclic) bond motifs is 3. The minimum atomic E-state index is 1.18. The predicted octanol–water partition coefficient (Wildman–Crippen LogP) is 2.19. The van der Waals surface area contributed by atoms with E-state index in [-0.39, 0.29) is 0 Å². The summed E-state index contributed by atoms with van der Waals surface area (Å²) in [5, 5.41) is 0. The number of rotatable bonds is 0. The maximum Gasteiger partial charge on any atom is 0.194 e. The van der Waals surface area contributed by atoms with Crippen molar-refractivity contribution in [2.75, 3.05) is 0 Å². The van der Waals surface area contributed by atoms with E-state index in [9.17, 15) is 0 Å². The molecule has 2 heterocycles. The minimum absolute atomic E-state index is 1.18. The SMILES string of the molecule is Cc1cnc2sc3c(n12)CCC3. The number of aryl methyl sites for hydroxylation is 3. The van der Waals surface area contributed by atoms with Crippen LogP contribution in [0.3, 0.4) is 0 Å². The second-order valence-corrected chi connectivity index (χ2v) is 4.41. The van der Waals surface area contributed by atoms with Crippen molar-refractivity contribution in [1.29, 1.82) is 0 Å². The van der Waals surface area contributed by atoms with E-state index < -0.39 is 0 Å². The maximum absolute atomic E-state index is 4.36. The van der Waals surface area contributed by atoms with Crippen molar-refractivity contribution in [2.24, 2.45) is 0 Å². The van der Waals surface area contributed by atoms with Crippen LogP contribution in [-0.4, -0.2) is 9.38 Å². The smallest absolute Gasteiger partial charge is 0.194 e. The van der Waals surface area contributed by atoms with E-state index in [1.807, 2.05) is 17.5 Å². The lowest BCUT2D eigenvalue weighted by Crippen LogP contribution is -1.89. The molecule has 2 aromatic heterocycles. The zero-order chi connectivity index (χ0) is 8.13. The largest absolute Gasteiger partial charge is 0.292 e. The van der Waals surface area contributed by atoms with Gasteiger partial charge in [0.1, 0.15) is 0 Å². The Morgan fingerprint density at radius 1 is 1.50 bits per heavy atom. The number of thiazole rings is 1. The van der Waals surface area contributed by atoms with Crippen molar-refractivity contribution >= 4 is 16.3 Å². The van der Waals surface area contributed by atoms with Gasteiger partial charge in [0.25, 0.3) is 0 Å². The van der Waals surface area contributed by atoms with Gasteiger partial charge < -0.3 is 0 Å². The molecule has 2 nitrogen and oxygen atoms in total. The Hall–Kier alpha value is -0.830. The van der Waals surface area contributed by atoms with E-state index in [0.29, 0.717) is 0 Å². The van der Waals surface area contributed by atoms with Crippen LogP contribution in [0.4, 0.5) is 0 Å². The number of hydrogen-bond acceptors (Lipinski definition) is 2. The van der Waals surface area contributed by atoms with Gasteiger partial charge in [0.2, 0.25) is 0 Å². The molecule has 0 N–H and O–H groups in total. The van der Waals surface area contributed by atoms with Crippen molar-refractivity contribution < 1.29 is 0 Å². The third-order valence-electron chi connectivity index (χ3n) is 2.53. The summed E-state index contributed by atoms with van der Waals surface area (Å²) in [4.78, 5) is 7.10. The fourth-order valence-corrected chi connectivity index (χ4v) is 3.20. The van der Waals surface area contributed by atoms with Crippen LogP contribution in [0.15, 0.2) is 6.20 Å². The normalized spacial score (nSPS) is 15.8. The average molecular weight is 178 g/mol. The second-order valence-electron chi connectivity index (χ2n) is 3.34. The fourth-order valence-electron chi connectivity index (χ4n) is 1.97. The van der Waals surface area contributed by atoms with Gasteiger partial charge in [-0.15, -0.1) is 11.3 Å². The lowest BCUT2D eigenvalue weighted by Gasteiger charge is -1.93. The first-order valence-corrected chi connectivity index (χ1v) is 5.12. The molecule has 0 fully saturated rings. The molecular formula is C9H10N2S. The third-order valence-corrected chi connectivity index (χ3v) is 3.69. The first kappa shape index (κ1) is 6.66. The molecule has 0 aromatic carbocycles. The summed E-state index contributed by atoms with van der Waals surface area (Å²) >= 11 is 1.86. The molecule has 1 aliphatic rings. The van der Waals surface area contributed by atoms with Gasteiger partial charge in [-0.2, -0.15) is 0 Å². The summed E-state index contributed by atoms with van der Waals surface area (Å²) in [6, 6.07) is 0. The quantitative estimate of drug-likeness (QED) is 0.604. The van der Waals surface area contributed by atoms with Gasteiger partial charge in [-0.3, -0.25) is 4.40 Å². The zero-order valence-corrected chi connectivity index (χ0v) is 7.82. The van der Waals surface area contributed by atoms with Gasteiger partial charge in [0.15, 0.2) is 4.96 Å². The van der Waals surface area contributed by atoms with Crippen LogP contribution in [-0.2, 0) is 12.8 Å². The van der Waals surface area contributed by atoms with Crippen molar-refractivity contribution in [1.82, 2.24) is 9.38 Å². The molecule has 0 saturated carbocycles. The highest BCUT2D eigenvalue weighted by Gasteiger charge is 2.18. The number of imidazole rings is 1. The van der Waals surface area contributed by atoms with Crippen LogP contribution in [0, 0.1) is 6.92 Å². The minimum Gasteiger partial charge on any atom is -0.292 e. The van der Waals surface area contributed by atoms with Gasteiger partial charge in [-0.1, -0.05) is 0 Å². The predicted molar refractivity (Wildman–Crippen MR) is 49.8 cm³/mol. The van der Waals surface area contributed by atoms with Crippen LogP contribution < -0.4 is 0 Å². The van der Waals surface area contributed by atoms with Gasteiger partial charge in [-0.25, -0.2) is 4.98 Å². The maximum atomic E-state index is 4.36. The Kier molecular flexibility index (Phi) is 1.17. The molecule has 0 aliphatic heterocycles. The zero-order valence-electron chi connectivity index (χ0n) is 7.00. The van der Waals surface area contributed by atoms with Crippen LogP contribution >= 0.6 is 11.3 Å². The summed E-state index contributed by atoms with van der Waals surface area (Å²) in [5.74, 6) is 0. The molecule has 3 rings (SSSR count). The molecule has 1 aliphatic carbocycles. The molecule has 0 amide bonds. The Morgan fingerprint density at radius 2 is 2.42 bits per heavy atom. The van der Waals surface area contributed by atoms with Gasteiger partial charge in [-0.05, 0) is 26.2 Å². The lowest BCUT2D eigenvalue weighted by atomic mass is 10.3. The number of nitrogens with zero attached hydrogens (tertiary/aromatic N) is 2. The van der Waals surface area contributed by atoms with Crippen molar-refractivity contribution in [2.45, 2.75) is 26.2 Å². The van der Waals surface area contributed by atoms with Gasteiger partial charge in [0.05, 0.1) is 0 Å². The van der Waals surface area contributed by atoms with Crippen LogP contribution in [0.2, 0.25) is 0 Å². The van der Waals surface area contributed by atoms with E-state index >= 15 is 0 Å². The molecule has 0 saturated heterocycles. The highest BCUT2D eigenvalue weighted by atomic mass is 32.1. The van der Waals surface area contributed by atoms with Crippen molar-refractivity contribution in [3.63, 3.8) is 0 Å².